The molecule has 0 bridgehead atoms. The second-order valence-corrected chi connectivity index (χ2v) is 8.52. The van der Waals surface area contributed by atoms with Gasteiger partial charge in [0.25, 0.3) is 0 Å². The first-order valence-corrected chi connectivity index (χ1v) is 11.1. The van der Waals surface area contributed by atoms with Gasteiger partial charge in [0.05, 0.1) is 0 Å². The molecule has 148 valence electrons. The molecule has 1 atom stereocenters. The van der Waals surface area contributed by atoms with Crippen molar-refractivity contribution < 1.29 is 0 Å². The van der Waals surface area contributed by atoms with Gasteiger partial charge in [0, 0.05) is 43.5 Å². The number of anilines is 1. The molecule has 2 heteroatoms. The average Bonchev–Trinajstić information content (AvgIpc) is 3.19. The van der Waals surface area contributed by atoms with Crippen LogP contribution in [0, 0.1) is 5.92 Å². The van der Waals surface area contributed by atoms with Crippen molar-refractivity contribution in [3.63, 3.8) is 0 Å². The third-order valence-corrected chi connectivity index (χ3v) is 6.59. The number of benzene rings is 1. The number of likely N-dealkylation sites (tertiary alicyclic amines) is 1. The fraction of sp³-hybridized carbons (Fsp3) is 0.600. The van der Waals surface area contributed by atoms with Crippen LogP contribution in [-0.2, 0) is 0 Å². The van der Waals surface area contributed by atoms with Crippen molar-refractivity contribution in [1.82, 2.24) is 4.90 Å². The molecule has 2 aliphatic rings. The minimum atomic E-state index is 0.626. The first kappa shape index (κ1) is 20.0. The summed E-state index contributed by atoms with van der Waals surface area (Å²) in [6.07, 6.45) is 9.82. The second-order valence-electron chi connectivity index (χ2n) is 8.52. The van der Waals surface area contributed by atoms with E-state index in [1.54, 1.807) is 5.56 Å². The van der Waals surface area contributed by atoms with Gasteiger partial charge in [-0.3, -0.25) is 0 Å². The van der Waals surface area contributed by atoms with Crippen molar-refractivity contribution in [2.45, 2.75) is 65.2 Å². The van der Waals surface area contributed by atoms with Crippen molar-refractivity contribution >= 4 is 5.69 Å². The highest BCUT2D eigenvalue weighted by atomic mass is 15.2. The molecule has 2 fully saturated rings. The third kappa shape index (κ3) is 4.78. The van der Waals surface area contributed by atoms with E-state index in [0.29, 0.717) is 5.92 Å². The SMILES string of the molecule is C=C(/C(=C/C)CCCC)N1CCC(c2ccccc2N2CCC(C)CC2)C1. The van der Waals surface area contributed by atoms with Crippen molar-refractivity contribution in [2.75, 3.05) is 31.1 Å². The molecule has 0 spiro atoms. The van der Waals surface area contributed by atoms with Crippen LogP contribution in [0.15, 0.2) is 48.2 Å². The lowest BCUT2D eigenvalue weighted by Crippen LogP contribution is -2.33. The quantitative estimate of drug-likeness (QED) is 0.518. The van der Waals surface area contributed by atoms with E-state index in [2.05, 4.69) is 67.5 Å². The van der Waals surface area contributed by atoms with Crippen molar-refractivity contribution in [1.29, 1.82) is 0 Å². The minimum Gasteiger partial charge on any atom is -0.371 e. The maximum atomic E-state index is 4.46. The molecule has 0 radical (unpaired) electrons. The molecule has 3 rings (SSSR count). The standard InChI is InChI=1S/C25H38N2/c1-5-7-10-22(6-2)21(4)27-18-15-23(19-27)24-11-8-9-12-25(24)26-16-13-20(3)14-17-26/h6,8-9,11-12,20,23H,4-5,7,10,13-19H2,1-3H3/b22-6+. The molecule has 27 heavy (non-hydrogen) atoms. The van der Waals surface area contributed by atoms with Gasteiger partial charge in [0.1, 0.15) is 0 Å². The van der Waals surface area contributed by atoms with E-state index in [9.17, 15) is 0 Å². The van der Waals surface area contributed by atoms with Gasteiger partial charge < -0.3 is 9.80 Å². The van der Waals surface area contributed by atoms with Crippen LogP contribution in [0.25, 0.3) is 0 Å². The molecule has 2 heterocycles. The minimum absolute atomic E-state index is 0.626. The lowest BCUT2D eigenvalue weighted by molar-refractivity contribution is 0.424. The highest BCUT2D eigenvalue weighted by Gasteiger charge is 2.28. The van der Waals surface area contributed by atoms with Gasteiger partial charge in [0.15, 0.2) is 0 Å². The molecule has 0 amide bonds. The Bertz CT molecular complexity index is 652. The Balaban J connectivity index is 1.69. The van der Waals surface area contributed by atoms with Crippen LogP contribution in [0.2, 0.25) is 0 Å². The van der Waals surface area contributed by atoms with E-state index < -0.39 is 0 Å². The molecule has 2 aliphatic heterocycles. The van der Waals surface area contributed by atoms with Crippen LogP contribution in [0.4, 0.5) is 5.69 Å². The molecule has 1 aromatic rings. The summed E-state index contributed by atoms with van der Waals surface area (Å²) in [6, 6.07) is 9.16. The number of allylic oxidation sites excluding steroid dienone is 2. The Labute approximate surface area is 166 Å². The normalized spacial score (nSPS) is 21.7. The van der Waals surface area contributed by atoms with Crippen molar-refractivity contribution in [3.8, 4) is 0 Å². The largest absolute Gasteiger partial charge is 0.371 e. The van der Waals surface area contributed by atoms with Crippen LogP contribution in [0.3, 0.4) is 0 Å². The van der Waals surface area contributed by atoms with Crippen molar-refractivity contribution in [2.24, 2.45) is 5.92 Å². The molecule has 2 nitrogen and oxygen atoms in total. The van der Waals surface area contributed by atoms with Gasteiger partial charge in [-0.25, -0.2) is 0 Å². The molecule has 0 aliphatic carbocycles. The zero-order valence-corrected chi connectivity index (χ0v) is 17.7. The van der Waals surface area contributed by atoms with Crippen LogP contribution < -0.4 is 4.90 Å². The highest BCUT2D eigenvalue weighted by Crippen LogP contribution is 2.37. The predicted molar refractivity (Wildman–Crippen MR) is 118 cm³/mol. The van der Waals surface area contributed by atoms with Gasteiger partial charge in [0.2, 0.25) is 0 Å². The predicted octanol–water partition coefficient (Wildman–Crippen LogP) is 6.36. The number of unbranched alkanes of at least 4 members (excludes halogenated alkanes) is 1. The van der Waals surface area contributed by atoms with Crippen LogP contribution in [0.1, 0.15) is 70.8 Å². The van der Waals surface area contributed by atoms with Gasteiger partial charge in [-0.15, -0.1) is 0 Å². The zero-order chi connectivity index (χ0) is 19.2. The van der Waals surface area contributed by atoms with E-state index >= 15 is 0 Å². The molecular weight excluding hydrogens is 328 g/mol. The number of para-hydroxylation sites is 1. The Morgan fingerprint density at radius 1 is 1.15 bits per heavy atom. The smallest absolute Gasteiger partial charge is 0.0402 e. The van der Waals surface area contributed by atoms with E-state index in [-0.39, 0.29) is 0 Å². The molecule has 1 unspecified atom stereocenters. The summed E-state index contributed by atoms with van der Waals surface area (Å²) in [5.41, 5.74) is 5.74. The Morgan fingerprint density at radius 2 is 1.89 bits per heavy atom. The summed E-state index contributed by atoms with van der Waals surface area (Å²) >= 11 is 0. The van der Waals surface area contributed by atoms with Gasteiger partial charge >= 0.3 is 0 Å². The first-order chi connectivity index (χ1) is 13.1. The number of nitrogens with zero attached hydrogens (tertiary/aromatic N) is 2. The third-order valence-electron chi connectivity index (χ3n) is 6.59. The molecule has 2 saturated heterocycles. The highest BCUT2D eigenvalue weighted by molar-refractivity contribution is 5.56. The molecule has 0 saturated carbocycles. The van der Waals surface area contributed by atoms with Gasteiger partial charge in [-0.1, -0.05) is 51.1 Å². The van der Waals surface area contributed by atoms with Crippen LogP contribution in [0.5, 0.6) is 0 Å². The number of hydrogen-bond acceptors (Lipinski definition) is 2. The van der Waals surface area contributed by atoms with E-state index in [1.807, 2.05) is 0 Å². The fourth-order valence-corrected chi connectivity index (χ4v) is 4.66. The molecule has 0 aromatic heterocycles. The first-order valence-electron chi connectivity index (χ1n) is 11.1. The topological polar surface area (TPSA) is 6.48 Å². The summed E-state index contributed by atoms with van der Waals surface area (Å²) in [5, 5.41) is 0. The maximum Gasteiger partial charge on any atom is 0.0402 e. The summed E-state index contributed by atoms with van der Waals surface area (Å²) in [7, 11) is 0. The molecular formula is C25H38N2. The van der Waals surface area contributed by atoms with E-state index in [4.69, 9.17) is 0 Å². The van der Waals surface area contributed by atoms with Crippen LogP contribution >= 0.6 is 0 Å². The maximum absolute atomic E-state index is 4.46. The summed E-state index contributed by atoms with van der Waals surface area (Å²) in [4.78, 5) is 5.16. The zero-order valence-electron chi connectivity index (χ0n) is 17.7. The van der Waals surface area contributed by atoms with Crippen molar-refractivity contribution in [3.05, 3.63) is 53.8 Å². The van der Waals surface area contributed by atoms with Gasteiger partial charge in [-0.05, 0) is 62.1 Å². The summed E-state index contributed by atoms with van der Waals surface area (Å²) < 4.78 is 0. The lowest BCUT2D eigenvalue weighted by atomic mass is 9.93. The van der Waals surface area contributed by atoms with Gasteiger partial charge in [-0.2, -0.15) is 0 Å². The number of hydrogen-bond donors (Lipinski definition) is 0. The average molecular weight is 367 g/mol. The second kappa shape index (κ2) is 9.48. The summed E-state index contributed by atoms with van der Waals surface area (Å²) in [6.45, 7) is 15.9. The Kier molecular flexibility index (Phi) is 7.04. The number of rotatable bonds is 7. The Morgan fingerprint density at radius 3 is 2.59 bits per heavy atom. The molecule has 0 N–H and O–H groups in total. The summed E-state index contributed by atoms with van der Waals surface area (Å²) in [5.74, 6) is 1.50. The van der Waals surface area contributed by atoms with E-state index in [0.717, 1.165) is 25.4 Å². The lowest BCUT2D eigenvalue weighted by Gasteiger charge is -2.34. The monoisotopic (exact) mass is 366 g/mol. The van der Waals surface area contributed by atoms with Crippen LogP contribution in [-0.4, -0.2) is 31.1 Å². The fourth-order valence-electron chi connectivity index (χ4n) is 4.66. The Hall–Kier alpha value is -1.70. The van der Waals surface area contributed by atoms with E-state index in [1.165, 1.54) is 62.2 Å². The number of piperidine rings is 1. The molecule has 1 aromatic carbocycles.